The highest BCUT2D eigenvalue weighted by atomic mass is 32.1. The summed E-state index contributed by atoms with van der Waals surface area (Å²) in [5.41, 5.74) is 0. The van der Waals surface area contributed by atoms with E-state index in [-0.39, 0.29) is 0 Å². The topological polar surface area (TPSA) is 28.2 Å². The van der Waals surface area contributed by atoms with Crippen molar-refractivity contribution >= 4 is 11.3 Å². The Bertz CT molecular complexity index is 365. The van der Waals surface area contributed by atoms with Crippen LogP contribution in [-0.4, -0.2) is 41.6 Å². The number of nitrogens with one attached hydrogen (secondary N) is 1. The Morgan fingerprint density at radius 3 is 3.28 bits per heavy atom. The van der Waals surface area contributed by atoms with Crippen molar-refractivity contribution in [3.63, 3.8) is 0 Å². The van der Waals surface area contributed by atoms with Crippen LogP contribution in [0.3, 0.4) is 0 Å². The molecular weight excluding hydrogens is 242 g/mol. The highest BCUT2D eigenvalue weighted by molar-refractivity contribution is 7.09. The van der Waals surface area contributed by atoms with E-state index in [2.05, 4.69) is 27.5 Å². The first kappa shape index (κ1) is 12.6. The van der Waals surface area contributed by atoms with E-state index in [1.54, 1.807) is 11.3 Å². The molecular formula is C14H23N3S. The van der Waals surface area contributed by atoms with E-state index in [1.807, 2.05) is 6.20 Å². The number of rotatable bonds is 4. The summed E-state index contributed by atoms with van der Waals surface area (Å²) in [4.78, 5) is 7.09. The molecule has 0 saturated carbocycles. The maximum Gasteiger partial charge on any atom is 0.0965 e. The molecule has 3 rings (SSSR count). The summed E-state index contributed by atoms with van der Waals surface area (Å²) in [7, 11) is 0. The van der Waals surface area contributed by atoms with Gasteiger partial charge in [-0.3, -0.25) is 0 Å². The monoisotopic (exact) mass is 265 g/mol. The minimum atomic E-state index is 0.548. The average Bonchev–Trinajstić information content (AvgIpc) is 3.05. The maximum atomic E-state index is 4.40. The molecule has 3 atom stereocenters. The van der Waals surface area contributed by atoms with Crippen molar-refractivity contribution < 1.29 is 0 Å². The molecule has 2 aliphatic rings. The van der Waals surface area contributed by atoms with Crippen LogP contribution in [0.2, 0.25) is 0 Å². The molecule has 0 bridgehead atoms. The molecule has 4 heteroatoms. The van der Waals surface area contributed by atoms with Gasteiger partial charge in [-0.2, -0.15) is 0 Å². The molecule has 3 unspecified atom stereocenters. The fourth-order valence-corrected chi connectivity index (χ4v) is 4.02. The van der Waals surface area contributed by atoms with E-state index in [0.717, 1.165) is 18.6 Å². The Morgan fingerprint density at radius 2 is 2.44 bits per heavy atom. The van der Waals surface area contributed by atoms with E-state index in [1.165, 1.54) is 43.8 Å². The molecule has 3 nitrogen and oxygen atoms in total. The third kappa shape index (κ3) is 2.76. The molecule has 0 spiro atoms. The van der Waals surface area contributed by atoms with Gasteiger partial charge in [0.1, 0.15) is 0 Å². The third-order valence-electron chi connectivity index (χ3n) is 4.41. The van der Waals surface area contributed by atoms with Gasteiger partial charge in [0.05, 0.1) is 5.01 Å². The van der Waals surface area contributed by atoms with E-state index in [4.69, 9.17) is 0 Å². The predicted molar refractivity (Wildman–Crippen MR) is 76.1 cm³/mol. The lowest BCUT2D eigenvalue weighted by molar-refractivity contribution is 0.166. The zero-order valence-electron chi connectivity index (χ0n) is 11.1. The van der Waals surface area contributed by atoms with Gasteiger partial charge in [-0.1, -0.05) is 6.92 Å². The fourth-order valence-electron chi connectivity index (χ4n) is 3.32. The van der Waals surface area contributed by atoms with E-state index in [0.29, 0.717) is 5.92 Å². The zero-order valence-corrected chi connectivity index (χ0v) is 12.0. The number of nitrogens with zero attached hydrogens (tertiary/aromatic N) is 2. The minimum Gasteiger partial charge on any atom is -0.313 e. The van der Waals surface area contributed by atoms with Crippen LogP contribution in [-0.2, 0) is 0 Å². The zero-order chi connectivity index (χ0) is 12.4. The predicted octanol–water partition coefficient (Wildman–Crippen LogP) is 2.46. The van der Waals surface area contributed by atoms with Crippen LogP contribution in [0.5, 0.6) is 0 Å². The van der Waals surface area contributed by atoms with Crippen molar-refractivity contribution in [3.8, 4) is 0 Å². The second-order valence-electron chi connectivity index (χ2n) is 5.73. The highest BCUT2D eigenvalue weighted by Crippen LogP contribution is 2.27. The molecule has 100 valence electrons. The largest absolute Gasteiger partial charge is 0.313 e. The van der Waals surface area contributed by atoms with Crippen molar-refractivity contribution in [1.82, 2.24) is 15.2 Å². The fraction of sp³-hybridized carbons (Fsp3) is 0.786. The van der Waals surface area contributed by atoms with Gasteiger partial charge in [0, 0.05) is 36.1 Å². The van der Waals surface area contributed by atoms with Crippen LogP contribution in [0.1, 0.15) is 43.5 Å². The molecule has 18 heavy (non-hydrogen) atoms. The summed E-state index contributed by atoms with van der Waals surface area (Å²) < 4.78 is 0. The molecule has 2 aliphatic heterocycles. The molecule has 0 radical (unpaired) electrons. The minimum absolute atomic E-state index is 0.548. The van der Waals surface area contributed by atoms with Gasteiger partial charge in [-0.05, 0) is 38.8 Å². The second-order valence-corrected chi connectivity index (χ2v) is 6.66. The van der Waals surface area contributed by atoms with Crippen molar-refractivity contribution in [1.29, 1.82) is 0 Å². The van der Waals surface area contributed by atoms with Crippen LogP contribution in [0.15, 0.2) is 11.6 Å². The van der Waals surface area contributed by atoms with Gasteiger partial charge < -0.3 is 10.2 Å². The molecule has 2 fully saturated rings. The summed E-state index contributed by atoms with van der Waals surface area (Å²) in [6.07, 6.45) is 7.41. The molecule has 3 heterocycles. The Kier molecular flexibility index (Phi) is 3.97. The van der Waals surface area contributed by atoms with Gasteiger partial charge in [-0.15, -0.1) is 11.3 Å². The SMILES string of the molecule is CC(CNC1CCN2CCCC2C1)c1nccs1. The number of hydrogen-bond donors (Lipinski definition) is 1. The number of aromatic nitrogens is 1. The Morgan fingerprint density at radius 1 is 1.50 bits per heavy atom. The summed E-state index contributed by atoms with van der Waals surface area (Å²) in [6, 6.07) is 1.60. The van der Waals surface area contributed by atoms with Gasteiger partial charge in [0.15, 0.2) is 0 Å². The average molecular weight is 265 g/mol. The summed E-state index contributed by atoms with van der Waals surface area (Å²) in [5, 5.41) is 7.10. The van der Waals surface area contributed by atoms with Crippen molar-refractivity contribution in [2.24, 2.45) is 0 Å². The summed E-state index contributed by atoms with van der Waals surface area (Å²) in [6.45, 7) is 5.99. The number of hydrogen-bond acceptors (Lipinski definition) is 4. The Hall–Kier alpha value is -0.450. The van der Waals surface area contributed by atoms with Crippen molar-refractivity contribution in [3.05, 3.63) is 16.6 Å². The normalized spacial score (nSPS) is 30.3. The molecule has 1 aromatic rings. The number of fused-ring (bicyclic) bond motifs is 1. The van der Waals surface area contributed by atoms with Crippen LogP contribution in [0.25, 0.3) is 0 Å². The molecule has 0 aromatic carbocycles. The van der Waals surface area contributed by atoms with Crippen LogP contribution >= 0.6 is 11.3 Å². The van der Waals surface area contributed by atoms with Gasteiger partial charge in [-0.25, -0.2) is 4.98 Å². The van der Waals surface area contributed by atoms with Gasteiger partial charge in [0.2, 0.25) is 0 Å². The van der Waals surface area contributed by atoms with E-state index < -0.39 is 0 Å². The summed E-state index contributed by atoms with van der Waals surface area (Å²) >= 11 is 1.77. The number of thiazole rings is 1. The van der Waals surface area contributed by atoms with Crippen LogP contribution in [0, 0.1) is 0 Å². The third-order valence-corrected chi connectivity index (χ3v) is 5.41. The first-order chi connectivity index (χ1) is 8.83. The molecule has 0 amide bonds. The second kappa shape index (κ2) is 5.68. The standard InChI is InChI=1S/C14H23N3S/c1-11(14-15-5-8-18-14)10-16-12-4-7-17-6-2-3-13(17)9-12/h5,8,11-13,16H,2-4,6-7,9-10H2,1H3. The number of piperidine rings is 1. The van der Waals surface area contributed by atoms with E-state index >= 15 is 0 Å². The molecule has 1 N–H and O–H groups in total. The van der Waals surface area contributed by atoms with Crippen LogP contribution in [0.4, 0.5) is 0 Å². The lowest BCUT2D eigenvalue weighted by Crippen LogP contribution is -2.46. The van der Waals surface area contributed by atoms with E-state index in [9.17, 15) is 0 Å². The lowest BCUT2D eigenvalue weighted by atomic mass is 9.97. The molecule has 1 aromatic heterocycles. The smallest absolute Gasteiger partial charge is 0.0965 e. The van der Waals surface area contributed by atoms with Crippen molar-refractivity contribution in [2.75, 3.05) is 19.6 Å². The first-order valence-corrected chi connectivity index (χ1v) is 8.07. The van der Waals surface area contributed by atoms with Crippen molar-refractivity contribution in [2.45, 2.75) is 50.6 Å². The maximum absolute atomic E-state index is 4.40. The van der Waals surface area contributed by atoms with Crippen LogP contribution < -0.4 is 5.32 Å². The quantitative estimate of drug-likeness (QED) is 0.906. The van der Waals surface area contributed by atoms with Gasteiger partial charge >= 0.3 is 0 Å². The Balaban J connectivity index is 1.46. The highest BCUT2D eigenvalue weighted by Gasteiger charge is 2.31. The lowest BCUT2D eigenvalue weighted by Gasteiger charge is -2.35. The Labute approximate surface area is 114 Å². The first-order valence-electron chi connectivity index (χ1n) is 7.20. The molecule has 0 aliphatic carbocycles. The summed E-state index contributed by atoms with van der Waals surface area (Å²) in [5.74, 6) is 0.548. The van der Waals surface area contributed by atoms with Gasteiger partial charge in [0.25, 0.3) is 0 Å². The molecule has 2 saturated heterocycles.